The number of aliphatic hydroxyl groups is 1. The smallest absolute Gasteiger partial charge is 0.337 e. The number of nitrogens with zero attached hydrogens (tertiary/aromatic N) is 2. The summed E-state index contributed by atoms with van der Waals surface area (Å²) >= 11 is 0. The lowest BCUT2D eigenvalue weighted by atomic mass is 9.98. The highest BCUT2D eigenvalue weighted by Gasteiger charge is 2.29. The molecule has 0 aliphatic rings. The second-order valence-electron chi connectivity index (χ2n) is 6.22. The van der Waals surface area contributed by atoms with E-state index >= 15 is 0 Å². The van der Waals surface area contributed by atoms with E-state index in [2.05, 4.69) is 4.98 Å². The minimum atomic E-state index is -0.961. The first-order chi connectivity index (χ1) is 9.79. The summed E-state index contributed by atoms with van der Waals surface area (Å²) in [6.45, 7) is 8.10. The molecule has 0 radical (unpaired) electrons. The Morgan fingerprint density at radius 1 is 1.38 bits per heavy atom. The van der Waals surface area contributed by atoms with Gasteiger partial charge >= 0.3 is 5.97 Å². The molecule has 0 bridgehead atoms. The number of hydrogen-bond acceptors (Lipinski definition) is 3. The second kappa shape index (κ2) is 5.48. The van der Waals surface area contributed by atoms with Crippen LogP contribution in [0, 0.1) is 0 Å². The van der Waals surface area contributed by atoms with Gasteiger partial charge in [0.25, 0.3) is 0 Å². The minimum absolute atomic E-state index is 0.0411. The molecule has 2 N–H and O–H groups in total. The first-order valence-corrected chi connectivity index (χ1v) is 7.15. The fraction of sp³-hybridized carbons (Fsp3) is 0.500. The average molecular weight is 290 g/mol. The van der Waals surface area contributed by atoms with Gasteiger partial charge in [0.2, 0.25) is 0 Å². The Balaban J connectivity index is 2.87. The molecule has 1 heterocycles. The Bertz CT molecular complexity index is 671. The van der Waals surface area contributed by atoms with Crippen LogP contribution in [0.1, 0.15) is 56.2 Å². The highest BCUT2D eigenvalue weighted by molar-refractivity contribution is 6.01. The number of para-hydroxylation sites is 1. The molecule has 0 spiro atoms. The Kier molecular flexibility index (Phi) is 4.05. The summed E-state index contributed by atoms with van der Waals surface area (Å²) in [6, 6.07) is 5.15. The summed E-state index contributed by atoms with van der Waals surface area (Å²) in [5, 5.41) is 18.8. The van der Waals surface area contributed by atoms with Crippen LogP contribution in [0.25, 0.3) is 11.0 Å². The number of aromatic carboxylic acids is 1. The monoisotopic (exact) mass is 290 g/mol. The van der Waals surface area contributed by atoms with Gasteiger partial charge in [0.1, 0.15) is 5.82 Å². The molecule has 2 aromatic rings. The van der Waals surface area contributed by atoms with Crippen LogP contribution in [0.15, 0.2) is 18.2 Å². The molecular weight excluding hydrogens is 268 g/mol. The largest absolute Gasteiger partial charge is 0.478 e. The topological polar surface area (TPSA) is 75.3 Å². The maximum atomic E-state index is 11.5. The number of fused-ring (bicyclic) bond motifs is 1. The predicted octanol–water partition coefficient (Wildman–Crippen LogP) is 2.98. The fourth-order valence-corrected chi connectivity index (χ4v) is 2.70. The van der Waals surface area contributed by atoms with Crippen LogP contribution >= 0.6 is 0 Å². The first kappa shape index (κ1) is 15.5. The highest BCUT2D eigenvalue weighted by Crippen LogP contribution is 2.33. The molecule has 0 amide bonds. The van der Waals surface area contributed by atoms with Crippen LogP contribution < -0.4 is 0 Å². The number of rotatable bonds is 5. The highest BCUT2D eigenvalue weighted by atomic mass is 16.4. The van der Waals surface area contributed by atoms with Crippen molar-refractivity contribution in [1.29, 1.82) is 0 Å². The molecule has 0 aliphatic heterocycles. The van der Waals surface area contributed by atoms with E-state index in [1.54, 1.807) is 12.1 Å². The van der Waals surface area contributed by atoms with E-state index in [9.17, 15) is 15.0 Å². The van der Waals surface area contributed by atoms with Crippen LogP contribution in [0.2, 0.25) is 0 Å². The third-order valence-electron chi connectivity index (χ3n) is 3.78. The quantitative estimate of drug-likeness (QED) is 0.887. The van der Waals surface area contributed by atoms with E-state index in [0.717, 1.165) is 5.82 Å². The van der Waals surface area contributed by atoms with Gasteiger partial charge in [-0.25, -0.2) is 9.78 Å². The molecule has 1 aromatic carbocycles. The van der Waals surface area contributed by atoms with Gasteiger partial charge in [-0.1, -0.05) is 19.9 Å². The Hall–Kier alpha value is -1.88. The van der Waals surface area contributed by atoms with Crippen LogP contribution in [0.3, 0.4) is 0 Å². The fourth-order valence-electron chi connectivity index (χ4n) is 2.70. The number of benzene rings is 1. The lowest BCUT2D eigenvalue weighted by molar-refractivity contribution is 0.0698. The molecule has 114 valence electrons. The predicted molar refractivity (Wildman–Crippen MR) is 81.8 cm³/mol. The number of hydrogen-bond donors (Lipinski definition) is 2. The zero-order valence-corrected chi connectivity index (χ0v) is 12.9. The van der Waals surface area contributed by atoms with Crippen molar-refractivity contribution in [2.75, 3.05) is 6.61 Å². The number of imidazole rings is 1. The summed E-state index contributed by atoms with van der Waals surface area (Å²) in [4.78, 5) is 16.2. The molecule has 0 unspecified atom stereocenters. The van der Waals surface area contributed by atoms with Gasteiger partial charge in [0.05, 0.1) is 16.6 Å². The minimum Gasteiger partial charge on any atom is -0.478 e. The summed E-state index contributed by atoms with van der Waals surface area (Å²) < 4.78 is 1.98. The Labute approximate surface area is 124 Å². The van der Waals surface area contributed by atoms with E-state index < -0.39 is 11.5 Å². The number of carboxylic acid groups (broad SMARTS) is 1. The molecule has 0 aliphatic carbocycles. The Morgan fingerprint density at radius 2 is 2.05 bits per heavy atom. The summed E-state index contributed by atoms with van der Waals surface area (Å²) in [5.41, 5.74) is 1.16. The van der Waals surface area contributed by atoms with Crippen molar-refractivity contribution in [3.8, 4) is 0 Å². The van der Waals surface area contributed by atoms with Gasteiger partial charge in [-0.3, -0.25) is 0 Å². The van der Waals surface area contributed by atoms with Gasteiger partial charge in [-0.05, 0) is 32.4 Å². The van der Waals surface area contributed by atoms with Crippen LogP contribution in [0.4, 0.5) is 0 Å². The summed E-state index contributed by atoms with van der Waals surface area (Å²) in [6.07, 6.45) is 0.534. The SMILES string of the molecule is CC(C)c1nc2cccc(C(=O)O)c2n1C(C)(C)CCO. The maximum absolute atomic E-state index is 11.5. The number of carbonyl (C=O) groups is 1. The number of carboxylic acids is 1. The Morgan fingerprint density at radius 3 is 2.57 bits per heavy atom. The molecule has 0 saturated carbocycles. The molecule has 0 saturated heterocycles. The van der Waals surface area contributed by atoms with E-state index in [1.165, 1.54) is 0 Å². The first-order valence-electron chi connectivity index (χ1n) is 7.15. The second-order valence-corrected chi connectivity index (χ2v) is 6.22. The lowest BCUT2D eigenvalue weighted by Crippen LogP contribution is -2.30. The molecular formula is C16H22N2O3. The molecule has 0 fully saturated rings. The zero-order valence-electron chi connectivity index (χ0n) is 12.9. The van der Waals surface area contributed by atoms with Crippen molar-refractivity contribution in [1.82, 2.24) is 9.55 Å². The molecule has 5 nitrogen and oxygen atoms in total. The van der Waals surface area contributed by atoms with Gasteiger partial charge < -0.3 is 14.8 Å². The lowest BCUT2D eigenvalue weighted by Gasteiger charge is -2.30. The van der Waals surface area contributed by atoms with Crippen molar-refractivity contribution in [3.05, 3.63) is 29.6 Å². The molecule has 21 heavy (non-hydrogen) atoms. The molecule has 0 atom stereocenters. The van der Waals surface area contributed by atoms with Gasteiger partial charge in [-0.2, -0.15) is 0 Å². The van der Waals surface area contributed by atoms with Crippen LogP contribution in [-0.2, 0) is 5.54 Å². The van der Waals surface area contributed by atoms with Crippen molar-refractivity contribution in [2.45, 2.75) is 45.6 Å². The summed E-state index contributed by atoms with van der Waals surface area (Å²) in [5.74, 6) is 0.0472. The summed E-state index contributed by atoms with van der Waals surface area (Å²) in [7, 11) is 0. The van der Waals surface area contributed by atoms with Gasteiger partial charge in [0, 0.05) is 18.1 Å². The molecule has 2 rings (SSSR count). The number of aliphatic hydroxyl groups excluding tert-OH is 1. The van der Waals surface area contributed by atoms with Crippen LogP contribution in [0.5, 0.6) is 0 Å². The van der Waals surface area contributed by atoms with Gasteiger partial charge in [-0.15, -0.1) is 0 Å². The third kappa shape index (κ3) is 2.65. The number of aromatic nitrogens is 2. The average Bonchev–Trinajstić information content (AvgIpc) is 2.78. The maximum Gasteiger partial charge on any atom is 0.337 e. The standard InChI is InChI=1S/C16H22N2O3/c1-10(2)14-17-12-7-5-6-11(15(20)21)13(12)18(14)16(3,4)8-9-19/h5-7,10,19H,8-9H2,1-4H3,(H,20,21). The van der Waals surface area contributed by atoms with Crippen molar-refractivity contribution in [3.63, 3.8) is 0 Å². The van der Waals surface area contributed by atoms with E-state index in [0.29, 0.717) is 17.5 Å². The van der Waals surface area contributed by atoms with E-state index in [4.69, 9.17) is 0 Å². The van der Waals surface area contributed by atoms with E-state index in [-0.39, 0.29) is 18.1 Å². The van der Waals surface area contributed by atoms with Crippen LogP contribution in [-0.4, -0.2) is 32.3 Å². The van der Waals surface area contributed by atoms with Crippen molar-refractivity contribution < 1.29 is 15.0 Å². The molecule has 1 aromatic heterocycles. The third-order valence-corrected chi connectivity index (χ3v) is 3.78. The van der Waals surface area contributed by atoms with Crippen molar-refractivity contribution >= 4 is 17.0 Å². The molecule has 5 heteroatoms. The van der Waals surface area contributed by atoms with Gasteiger partial charge in [0.15, 0.2) is 0 Å². The zero-order chi connectivity index (χ0) is 15.8. The van der Waals surface area contributed by atoms with Crippen molar-refractivity contribution in [2.24, 2.45) is 0 Å². The normalized spacial score (nSPS) is 12.3. The van der Waals surface area contributed by atoms with E-state index in [1.807, 2.05) is 38.3 Å².